The molecule has 0 saturated carbocycles. The smallest absolute Gasteiger partial charge is 0.253 e. The van der Waals surface area contributed by atoms with Crippen molar-refractivity contribution in [2.45, 2.75) is 38.6 Å². The van der Waals surface area contributed by atoms with Crippen molar-refractivity contribution in [3.05, 3.63) is 23.8 Å². The Hall–Kier alpha value is -1.71. The first-order chi connectivity index (χ1) is 9.17. The van der Waals surface area contributed by atoms with Gasteiger partial charge in [-0.25, -0.2) is 0 Å². The number of rotatable bonds is 3. The van der Waals surface area contributed by atoms with Crippen LogP contribution in [0.5, 0.6) is 0 Å². The van der Waals surface area contributed by atoms with E-state index < -0.39 is 0 Å². The summed E-state index contributed by atoms with van der Waals surface area (Å²) < 4.78 is 0. The highest BCUT2D eigenvalue weighted by molar-refractivity contribution is 6.00. The monoisotopic (exact) mass is 261 g/mol. The zero-order valence-corrected chi connectivity index (χ0v) is 11.8. The van der Waals surface area contributed by atoms with E-state index in [1.807, 2.05) is 12.1 Å². The summed E-state index contributed by atoms with van der Waals surface area (Å²) in [6.45, 7) is 3.21. The molecule has 1 heterocycles. The van der Waals surface area contributed by atoms with Gasteiger partial charge in [-0.05, 0) is 43.9 Å². The lowest BCUT2D eigenvalue weighted by molar-refractivity contribution is 0.0963. The van der Waals surface area contributed by atoms with Crippen LogP contribution in [0.25, 0.3) is 0 Å². The van der Waals surface area contributed by atoms with Crippen LogP contribution in [0.1, 0.15) is 43.0 Å². The molecule has 0 aliphatic carbocycles. The van der Waals surface area contributed by atoms with Crippen molar-refractivity contribution in [1.82, 2.24) is 5.32 Å². The summed E-state index contributed by atoms with van der Waals surface area (Å²) in [6.07, 6.45) is 4.74. The van der Waals surface area contributed by atoms with E-state index in [2.05, 4.69) is 17.1 Å². The molecule has 0 spiro atoms. The maximum Gasteiger partial charge on any atom is 0.253 e. The van der Waals surface area contributed by atoms with Crippen LogP contribution in [-0.2, 0) is 0 Å². The minimum absolute atomic E-state index is 0.0459. The Labute approximate surface area is 115 Å². The first-order valence-corrected chi connectivity index (χ1v) is 7.05. The average molecular weight is 261 g/mol. The summed E-state index contributed by atoms with van der Waals surface area (Å²) in [4.78, 5) is 14.4. The molecule has 1 unspecified atom stereocenters. The number of anilines is 2. The number of nitrogens with two attached hydrogens (primary N) is 1. The van der Waals surface area contributed by atoms with Crippen LogP contribution in [0.3, 0.4) is 0 Å². The van der Waals surface area contributed by atoms with Crippen molar-refractivity contribution in [2.75, 3.05) is 24.2 Å². The number of benzene rings is 1. The lowest BCUT2D eigenvalue weighted by Crippen LogP contribution is -2.40. The van der Waals surface area contributed by atoms with Gasteiger partial charge >= 0.3 is 0 Å². The van der Waals surface area contributed by atoms with Crippen molar-refractivity contribution < 1.29 is 4.79 Å². The van der Waals surface area contributed by atoms with Crippen LogP contribution in [-0.4, -0.2) is 25.5 Å². The fraction of sp³-hybridized carbons (Fsp3) is 0.533. The number of carbonyl (C=O) groups is 1. The molecule has 0 aromatic heterocycles. The summed E-state index contributed by atoms with van der Waals surface area (Å²) in [5.74, 6) is -0.0459. The SMILES string of the molecule is CCC1CCCCN1c1cc(N)ccc1C(=O)NC. The highest BCUT2D eigenvalue weighted by Gasteiger charge is 2.24. The zero-order chi connectivity index (χ0) is 13.8. The maximum atomic E-state index is 12.0. The number of amides is 1. The standard InChI is InChI=1S/C15H23N3O/c1-3-12-6-4-5-9-18(12)14-10-11(16)7-8-13(14)15(19)17-2/h7-8,10,12H,3-6,9,16H2,1-2H3,(H,17,19). The molecule has 1 aliphatic heterocycles. The molecule has 0 bridgehead atoms. The Morgan fingerprint density at radius 1 is 1.47 bits per heavy atom. The number of nitrogens with one attached hydrogen (secondary N) is 1. The van der Waals surface area contributed by atoms with Crippen molar-refractivity contribution in [3.63, 3.8) is 0 Å². The van der Waals surface area contributed by atoms with Gasteiger partial charge in [0.05, 0.1) is 11.3 Å². The Morgan fingerprint density at radius 2 is 2.26 bits per heavy atom. The summed E-state index contributed by atoms with van der Waals surface area (Å²) in [7, 11) is 1.66. The topological polar surface area (TPSA) is 58.4 Å². The Kier molecular flexibility index (Phi) is 4.30. The molecular formula is C15H23N3O. The molecule has 0 radical (unpaired) electrons. The van der Waals surface area contributed by atoms with Gasteiger partial charge in [0.2, 0.25) is 0 Å². The van der Waals surface area contributed by atoms with Crippen LogP contribution >= 0.6 is 0 Å². The van der Waals surface area contributed by atoms with Crippen LogP contribution in [0.15, 0.2) is 18.2 Å². The number of hydrogen-bond acceptors (Lipinski definition) is 3. The van der Waals surface area contributed by atoms with E-state index in [4.69, 9.17) is 5.73 Å². The fourth-order valence-corrected chi connectivity index (χ4v) is 2.86. The zero-order valence-electron chi connectivity index (χ0n) is 11.8. The van der Waals surface area contributed by atoms with E-state index in [1.165, 1.54) is 19.3 Å². The molecule has 2 rings (SSSR count). The largest absolute Gasteiger partial charge is 0.399 e. The molecule has 1 saturated heterocycles. The first kappa shape index (κ1) is 13.7. The lowest BCUT2D eigenvalue weighted by atomic mass is 9.97. The number of nitrogens with zero attached hydrogens (tertiary/aromatic N) is 1. The summed E-state index contributed by atoms with van der Waals surface area (Å²) in [6, 6.07) is 6.06. The predicted octanol–water partition coefficient (Wildman–Crippen LogP) is 2.40. The van der Waals surface area contributed by atoms with E-state index in [0.717, 1.165) is 24.2 Å². The second-order valence-electron chi connectivity index (χ2n) is 5.11. The van der Waals surface area contributed by atoms with Gasteiger partial charge in [-0.1, -0.05) is 6.92 Å². The molecule has 4 nitrogen and oxygen atoms in total. The molecule has 4 heteroatoms. The maximum absolute atomic E-state index is 12.0. The summed E-state index contributed by atoms with van der Waals surface area (Å²) in [5.41, 5.74) is 8.31. The molecule has 1 fully saturated rings. The Morgan fingerprint density at radius 3 is 2.95 bits per heavy atom. The van der Waals surface area contributed by atoms with Crippen LogP contribution in [0, 0.1) is 0 Å². The van der Waals surface area contributed by atoms with Gasteiger partial charge < -0.3 is 16.0 Å². The molecule has 1 atom stereocenters. The minimum atomic E-state index is -0.0459. The number of nitrogen functional groups attached to an aromatic ring is 1. The Balaban J connectivity index is 2.40. The van der Waals surface area contributed by atoms with Crippen LogP contribution in [0.2, 0.25) is 0 Å². The van der Waals surface area contributed by atoms with E-state index >= 15 is 0 Å². The highest BCUT2D eigenvalue weighted by atomic mass is 16.1. The molecule has 1 amide bonds. The van der Waals surface area contributed by atoms with Gasteiger partial charge in [0.1, 0.15) is 0 Å². The van der Waals surface area contributed by atoms with Gasteiger partial charge in [-0.3, -0.25) is 4.79 Å². The molecule has 104 valence electrons. The normalized spacial score (nSPS) is 19.3. The van der Waals surface area contributed by atoms with Gasteiger partial charge in [0.15, 0.2) is 0 Å². The molecule has 1 aliphatic rings. The molecule has 3 N–H and O–H groups in total. The van der Waals surface area contributed by atoms with Gasteiger partial charge in [-0.2, -0.15) is 0 Å². The summed E-state index contributed by atoms with van der Waals surface area (Å²) >= 11 is 0. The van der Waals surface area contributed by atoms with Crippen molar-refractivity contribution in [2.24, 2.45) is 0 Å². The van der Waals surface area contributed by atoms with Gasteiger partial charge in [0.25, 0.3) is 5.91 Å². The van der Waals surface area contributed by atoms with Gasteiger partial charge in [-0.15, -0.1) is 0 Å². The number of carbonyl (C=O) groups excluding carboxylic acids is 1. The quantitative estimate of drug-likeness (QED) is 0.821. The van der Waals surface area contributed by atoms with Gasteiger partial charge in [0, 0.05) is 25.3 Å². The second-order valence-corrected chi connectivity index (χ2v) is 5.11. The molecular weight excluding hydrogens is 238 g/mol. The lowest BCUT2D eigenvalue weighted by Gasteiger charge is -2.38. The Bertz CT molecular complexity index is 459. The minimum Gasteiger partial charge on any atom is -0.399 e. The first-order valence-electron chi connectivity index (χ1n) is 7.05. The average Bonchev–Trinajstić information content (AvgIpc) is 2.46. The number of piperidine rings is 1. The third-order valence-corrected chi connectivity index (χ3v) is 3.90. The molecule has 1 aromatic carbocycles. The van der Waals surface area contributed by atoms with E-state index in [0.29, 0.717) is 11.7 Å². The third-order valence-electron chi connectivity index (χ3n) is 3.90. The number of hydrogen-bond donors (Lipinski definition) is 2. The van der Waals surface area contributed by atoms with E-state index in [9.17, 15) is 4.79 Å². The highest BCUT2D eigenvalue weighted by Crippen LogP contribution is 2.31. The molecule has 19 heavy (non-hydrogen) atoms. The summed E-state index contributed by atoms with van der Waals surface area (Å²) in [5, 5.41) is 2.71. The van der Waals surface area contributed by atoms with E-state index in [-0.39, 0.29) is 5.91 Å². The third kappa shape index (κ3) is 2.83. The van der Waals surface area contributed by atoms with Crippen molar-refractivity contribution in [1.29, 1.82) is 0 Å². The fourth-order valence-electron chi connectivity index (χ4n) is 2.86. The van der Waals surface area contributed by atoms with Crippen LogP contribution < -0.4 is 16.0 Å². The van der Waals surface area contributed by atoms with E-state index in [1.54, 1.807) is 13.1 Å². The second kappa shape index (κ2) is 5.95. The van der Waals surface area contributed by atoms with Crippen molar-refractivity contribution >= 4 is 17.3 Å². The molecule has 1 aromatic rings. The van der Waals surface area contributed by atoms with Crippen LogP contribution in [0.4, 0.5) is 11.4 Å². The van der Waals surface area contributed by atoms with Crippen molar-refractivity contribution in [3.8, 4) is 0 Å². The predicted molar refractivity (Wildman–Crippen MR) is 79.5 cm³/mol.